The molecule has 0 unspecified atom stereocenters. The second-order valence-corrected chi connectivity index (χ2v) is 9.95. The van der Waals surface area contributed by atoms with Crippen molar-refractivity contribution in [1.82, 2.24) is 19.8 Å². The number of piperazine rings is 1. The first-order chi connectivity index (χ1) is 15.7. The van der Waals surface area contributed by atoms with Crippen molar-refractivity contribution >= 4 is 33.5 Å². The van der Waals surface area contributed by atoms with Crippen LogP contribution in [0, 0.1) is 0 Å². The lowest BCUT2D eigenvalue weighted by Gasteiger charge is -2.36. The Kier molecular flexibility index (Phi) is 9.04. The van der Waals surface area contributed by atoms with Crippen molar-refractivity contribution < 1.29 is 9.47 Å². The molecule has 2 aliphatic heterocycles. The van der Waals surface area contributed by atoms with Crippen LogP contribution in [-0.4, -0.2) is 92.4 Å². The number of morpholine rings is 1. The first-order valence-electron chi connectivity index (χ1n) is 11.3. The fourth-order valence-electron chi connectivity index (χ4n) is 4.17. The maximum atomic E-state index is 5.52. The molecule has 0 spiro atoms. The van der Waals surface area contributed by atoms with Crippen LogP contribution >= 0.6 is 27.7 Å². The Balaban J connectivity index is 1.28. The summed E-state index contributed by atoms with van der Waals surface area (Å²) in [6.07, 6.45) is 4.81. The second kappa shape index (κ2) is 12.2. The van der Waals surface area contributed by atoms with Gasteiger partial charge in [-0.05, 0) is 37.7 Å². The van der Waals surface area contributed by atoms with Gasteiger partial charge in [0, 0.05) is 67.5 Å². The molecule has 174 valence electrons. The van der Waals surface area contributed by atoms with Crippen molar-refractivity contribution in [2.24, 2.45) is 0 Å². The highest BCUT2D eigenvalue weighted by Gasteiger charge is 2.21. The molecule has 0 saturated carbocycles. The summed E-state index contributed by atoms with van der Waals surface area (Å²) >= 11 is 5.28. The molecule has 0 aliphatic carbocycles. The maximum absolute atomic E-state index is 5.52. The van der Waals surface area contributed by atoms with Gasteiger partial charge in [0.2, 0.25) is 0 Å². The highest BCUT2D eigenvalue weighted by Crippen LogP contribution is 2.33. The van der Waals surface area contributed by atoms with Gasteiger partial charge in [0.1, 0.15) is 10.8 Å². The van der Waals surface area contributed by atoms with Crippen molar-refractivity contribution in [3.8, 4) is 5.75 Å². The first kappa shape index (κ1) is 23.8. The average Bonchev–Trinajstić information content (AvgIpc) is 2.84. The molecule has 2 aliphatic rings. The van der Waals surface area contributed by atoms with Crippen LogP contribution in [0.1, 0.15) is 12.0 Å². The minimum atomic E-state index is 0.788. The molecule has 1 aromatic carbocycles. The van der Waals surface area contributed by atoms with Gasteiger partial charge in [0.15, 0.2) is 5.82 Å². The Morgan fingerprint density at radius 1 is 1.00 bits per heavy atom. The smallest absolute Gasteiger partial charge is 0.161 e. The number of hydrogen-bond acceptors (Lipinski definition) is 8. The molecule has 0 bridgehead atoms. The van der Waals surface area contributed by atoms with Crippen molar-refractivity contribution in [3.63, 3.8) is 0 Å². The number of thioether (sulfide) groups is 1. The van der Waals surface area contributed by atoms with E-state index in [0.717, 1.165) is 91.4 Å². The largest absolute Gasteiger partial charge is 0.496 e. The van der Waals surface area contributed by atoms with Gasteiger partial charge in [0.05, 0.1) is 20.3 Å². The van der Waals surface area contributed by atoms with Gasteiger partial charge in [-0.1, -0.05) is 27.7 Å². The molecule has 0 radical (unpaired) electrons. The molecule has 0 N–H and O–H groups in total. The van der Waals surface area contributed by atoms with Gasteiger partial charge in [-0.2, -0.15) is 0 Å². The van der Waals surface area contributed by atoms with Crippen molar-refractivity contribution in [2.45, 2.75) is 17.2 Å². The van der Waals surface area contributed by atoms with E-state index in [-0.39, 0.29) is 0 Å². The molecule has 32 heavy (non-hydrogen) atoms. The van der Waals surface area contributed by atoms with Gasteiger partial charge >= 0.3 is 0 Å². The van der Waals surface area contributed by atoms with E-state index in [4.69, 9.17) is 9.47 Å². The SMILES string of the molecule is COc1ccc(Br)cc1CSc1nccnc1N1CCN(CCCN2CCOCC2)CC1. The van der Waals surface area contributed by atoms with Crippen molar-refractivity contribution in [2.75, 3.05) is 77.6 Å². The molecule has 0 atom stereocenters. The van der Waals surface area contributed by atoms with E-state index in [1.54, 1.807) is 31.3 Å². The predicted molar refractivity (Wildman–Crippen MR) is 133 cm³/mol. The topological polar surface area (TPSA) is 54.0 Å². The lowest BCUT2D eigenvalue weighted by molar-refractivity contribution is 0.0360. The van der Waals surface area contributed by atoms with Gasteiger partial charge in [-0.25, -0.2) is 9.97 Å². The van der Waals surface area contributed by atoms with Gasteiger partial charge in [0.25, 0.3) is 0 Å². The monoisotopic (exact) mass is 521 g/mol. The Bertz CT molecular complexity index is 860. The number of halogens is 1. The number of methoxy groups -OCH3 is 1. The minimum Gasteiger partial charge on any atom is -0.496 e. The van der Waals surface area contributed by atoms with Crippen LogP contribution in [0.5, 0.6) is 5.75 Å². The van der Waals surface area contributed by atoms with E-state index in [0.29, 0.717) is 0 Å². The van der Waals surface area contributed by atoms with Crippen molar-refractivity contribution in [1.29, 1.82) is 0 Å². The molecule has 2 fully saturated rings. The maximum Gasteiger partial charge on any atom is 0.161 e. The molecule has 0 amide bonds. The molecule has 4 rings (SSSR count). The fourth-order valence-corrected chi connectivity index (χ4v) is 5.54. The van der Waals surface area contributed by atoms with E-state index in [9.17, 15) is 0 Å². The molecule has 9 heteroatoms. The molecule has 2 aromatic rings. The first-order valence-corrected chi connectivity index (χ1v) is 13.0. The summed E-state index contributed by atoms with van der Waals surface area (Å²) in [6.45, 7) is 10.4. The molecule has 3 heterocycles. The summed E-state index contributed by atoms with van der Waals surface area (Å²) in [5.74, 6) is 2.69. The highest BCUT2D eigenvalue weighted by molar-refractivity contribution is 9.10. The van der Waals surface area contributed by atoms with E-state index in [2.05, 4.69) is 46.7 Å². The van der Waals surface area contributed by atoms with E-state index < -0.39 is 0 Å². The molecule has 7 nitrogen and oxygen atoms in total. The molecular weight excluding hydrogens is 490 g/mol. The number of benzene rings is 1. The molecular formula is C23H32BrN5O2S. The number of ether oxygens (including phenoxy) is 2. The zero-order valence-corrected chi connectivity index (χ0v) is 21.1. The number of anilines is 1. The summed E-state index contributed by atoms with van der Waals surface area (Å²) in [6, 6.07) is 6.11. The average molecular weight is 523 g/mol. The van der Waals surface area contributed by atoms with Crippen LogP contribution < -0.4 is 9.64 Å². The van der Waals surface area contributed by atoms with Crippen LogP contribution in [0.15, 0.2) is 40.1 Å². The number of nitrogens with zero attached hydrogens (tertiary/aromatic N) is 5. The second-order valence-electron chi connectivity index (χ2n) is 8.07. The normalized spacial score (nSPS) is 18.1. The number of rotatable bonds is 9. The van der Waals surface area contributed by atoms with Gasteiger partial charge in [-0.3, -0.25) is 9.80 Å². The Morgan fingerprint density at radius 3 is 2.47 bits per heavy atom. The zero-order chi connectivity index (χ0) is 22.2. The zero-order valence-electron chi connectivity index (χ0n) is 18.7. The van der Waals surface area contributed by atoms with Crippen LogP contribution in [0.4, 0.5) is 5.82 Å². The van der Waals surface area contributed by atoms with E-state index in [1.807, 2.05) is 12.1 Å². The fraction of sp³-hybridized carbons (Fsp3) is 0.565. The third-order valence-corrected chi connectivity index (χ3v) is 7.49. The number of hydrogen-bond donors (Lipinski definition) is 0. The summed E-state index contributed by atoms with van der Waals surface area (Å²) in [5.41, 5.74) is 1.15. The third kappa shape index (κ3) is 6.57. The molecule has 2 saturated heterocycles. The van der Waals surface area contributed by atoms with Crippen LogP contribution in [-0.2, 0) is 10.5 Å². The van der Waals surface area contributed by atoms with Crippen LogP contribution in [0.2, 0.25) is 0 Å². The Labute approximate surface area is 203 Å². The van der Waals surface area contributed by atoms with E-state index in [1.165, 1.54) is 13.0 Å². The minimum absolute atomic E-state index is 0.788. The van der Waals surface area contributed by atoms with Crippen LogP contribution in [0.3, 0.4) is 0 Å². The van der Waals surface area contributed by atoms with Crippen molar-refractivity contribution in [3.05, 3.63) is 40.6 Å². The number of aromatic nitrogens is 2. The summed E-state index contributed by atoms with van der Waals surface area (Å²) < 4.78 is 12.0. The Hall–Kier alpha value is -1.39. The predicted octanol–water partition coefficient (Wildman–Crippen LogP) is 3.38. The van der Waals surface area contributed by atoms with Crippen LogP contribution in [0.25, 0.3) is 0 Å². The summed E-state index contributed by atoms with van der Waals surface area (Å²) in [4.78, 5) is 16.8. The molecule has 1 aromatic heterocycles. The third-order valence-electron chi connectivity index (χ3n) is 5.98. The standard InChI is InChI=1S/C23H32BrN5O2S/c1-30-21-4-3-20(24)17-19(21)18-32-23-22(25-5-6-26-23)29-11-9-27(10-12-29)7-2-8-28-13-15-31-16-14-28/h3-6,17H,2,7-16,18H2,1H3. The van der Waals surface area contributed by atoms with E-state index >= 15 is 0 Å². The highest BCUT2D eigenvalue weighted by atomic mass is 79.9. The summed E-state index contributed by atoms with van der Waals surface area (Å²) in [7, 11) is 1.71. The quantitative estimate of drug-likeness (QED) is 0.465. The lowest BCUT2D eigenvalue weighted by atomic mass is 10.2. The summed E-state index contributed by atoms with van der Waals surface area (Å²) in [5, 5.41) is 0.982. The van der Waals surface area contributed by atoms with Gasteiger partial charge < -0.3 is 14.4 Å². The van der Waals surface area contributed by atoms with Gasteiger partial charge in [-0.15, -0.1) is 0 Å². The Morgan fingerprint density at radius 2 is 1.72 bits per heavy atom. The lowest BCUT2D eigenvalue weighted by Crippen LogP contribution is -2.47.